The molecule has 7 heteroatoms. The maximum Gasteiger partial charge on any atom is 0.254 e. The average molecular weight is 420 g/mol. The minimum absolute atomic E-state index is 0.0113. The summed E-state index contributed by atoms with van der Waals surface area (Å²) in [6, 6.07) is 12.1. The summed E-state index contributed by atoms with van der Waals surface area (Å²) in [4.78, 5) is 34.2. The molecule has 0 bridgehead atoms. The van der Waals surface area contributed by atoms with E-state index in [4.69, 9.17) is 0 Å². The standard InChI is InChI=1S/C24H29N5O2/c1-17-16-20(22-18(2)26-27(3)23(22)25-17)24(31)29-14-12-28(13-15-29)21(30)11-7-10-19-8-5-4-6-9-19/h4-6,8-9,16H,7,10-15H2,1-3H3. The second kappa shape index (κ2) is 8.88. The molecule has 162 valence electrons. The Morgan fingerprint density at radius 1 is 1.00 bits per heavy atom. The maximum atomic E-state index is 13.3. The molecular formula is C24H29N5O2. The van der Waals surface area contributed by atoms with E-state index in [9.17, 15) is 9.59 Å². The smallest absolute Gasteiger partial charge is 0.254 e. The van der Waals surface area contributed by atoms with Crippen molar-refractivity contribution in [2.45, 2.75) is 33.1 Å². The van der Waals surface area contributed by atoms with Gasteiger partial charge < -0.3 is 9.80 Å². The molecule has 31 heavy (non-hydrogen) atoms. The number of hydrogen-bond acceptors (Lipinski definition) is 4. The Hall–Kier alpha value is -3.22. The van der Waals surface area contributed by atoms with Crippen LogP contribution in [0, 0.1) is 13.8 Å². The monoisotopic (exact) mass is 419 g/mol. The largest absolute Gasteiger partial charge is 0.339 e. The summed E-state index contributed by atoms with van der Waals surface area (Å²) in [5.74, 6) is 0.163. The second-order valence-electron chi connectivity index (χ2n) is 8.23. The predicted molar refractivity (Wildman–Crippen MR) is 120 cm³/mol. The van der Waals surface area contributed by atoms with Crippen molar-refractivity contribution in [1.82, 2.24) is 24.6 Å². The first-order valence-corrected chi connectivity index (χ1v) is 10.9. The molecule has 0 radical (unpaired) electrons. The van der Waals surface area contributed by atoms with E-state index in [0.29, 0.717) is 38.2 Å². The van der Waals surface area contributed by atoms with Gasteiger partial charge in [-0.15, -0.1) is 0 Å². The van der Waals surface area contributed by atoms with Gasteiger partial charge in [0.2, 0.25) is 5.91 Å². The van der Waals surface area contributed by atoms with Crippen LogP contribution in [-0.4, -0.2) is 62.6 Å². The summed E-state index contributed by atoms with van der Waals surface area (Å²) in [6.07, 6.45) is 2.30. The van der Waals surface area contributed by atoms with Crippen LogP contribution in [0.15, 0.2) is 36.4 Å². The Labute approximate surface area is 182 Å². The van der Waals surface area contributed by atoms with Crippen molar-refractivity contribution in [3.63, 3.8) is 0 Å². The number of rotatable bonds is 5. The zero-order chi connectivity index (χ0) is 22.0. The zero-order valence-electron chi connectivity index (χ0n) is 18.5. The molecule has 1 aliphatic heterocycles. The highest BCUT2D eigenvalue weighted by molar-refractivity contribution is 6.06. The summed E-state index contributed by atoms with van der Waals surface area (Å²) in [5.41, 5.74) is 4.24. The molecule has 1 fully saturated rings. The number of nitrogens with zero attached hydrogens (tertiary/aromatic N) is 5. The summed E-state index contributed by atoms with van der Waals surface area (Å²) in [7, 11) is 1.85. The molecular weight excluding hydrogens is 390 g/mol. The molecule has 0 N–H and O–H groups in total. The third-order valence-electron chi connectivity index (χ3n) is 5.95. The lowest BCUT2D eigenvalue weighted by Gasteiger charge is -2.35. The van der Waals surface area contributed by atoms with Crippen LogP contribution in [0.3, 0.4) is 0 Å². The summed E-state index contributed by atoms with van der Waals surface area (Å²) in [6.45, 7) is 6.05. The summed E-state index contributed by atoms with van der Waals surface area (Å²) >= 11 is 0. The van der Waals surface area contributed by atoms with Gasteiger partial charge in [-0.3, -0.25) is 14.3 Å². The van der Waals surface area contributed by atoms with E-state index in [0.717, 1.165) is 35.3 Å². The van der Waals surface area contributed by atoms with Crippen LogP contribution >= 0.6 is 0 Å². The van der Waals surface area contributed by atoms with Gasteiger partial charge >= 0.3 is 0 Å². The molecule has 1 aliphatic rings. The van der Waals surface area contributed by atoms with Gasteiger partial charge in [-0.1, -0.05) is 30.3 Å². The third-order valence-corrected chi connectivity index (χ3v) is 5.95. The Kier molecular flexibility index (Phi) is 6.02. The highest BCUT2D eigenvalue weighted by Crippen LogP contribution is 2.23. The minimum Gasteiger partial charge on any atom is -0.339 e. The van der Waals surface area contributed by atoms with Gasteiger partial charge in [-0.05, 0) is 38.3 Å². The number of aryl methyl sites for hydroxylation is 4. The Morgan fingerprint density at radius 2 is 1.68 bits per heavy atom. The number of piperazine rings is 1. The van der Waals surface area contributed by atoms with Crippen LogP contribution in [0.2, 0.25) is 0 Å². The van der Waals surface area contributed by atoms with Crippen LogP contribution in [0.5, 0.6) is 0 Å². The van der Waals surface area contributed by atoms with E-state index >= 15 is 0 Å². The van der Waals surface area contributed by atoms with Crippen LogP contribution in [0.1, 0.15) is 40.2 Å². The Balaban J connectivity index is 1.36. The number of amides is 2. The average Bonchev–Trinajstić information content (AvgIpc) is 3.06. The van der Waals surface area contributed by atoms with E-state index in [1.165, 1.54) is 5.56 Å². The van der Waals surface area contributed by atoms with E-state index < -0.39 is 0 Å². The molecule has 1 saturated heterocycles. The van der Waals surface area contributed by atoms with Crippen LogP contribution in [0.25, 0.3) is 11.0 Å². The van der Waals surface area contributed by atoms with Gasteiger partial charge in [-0.2, -0.15) is 5.10 Å². The molecule has 7 nitrogen and oxygen atoms in total. The maximum absolute atomic E-state index is 13.3. The molecule has 4 rings (SSSR count). The second-order valence-corrected chi connectivity index (χ2v) is 8.23. The van der Waals surface area contributed by atoms with Crippen molar-refractivity contribution in [3.8, 4) is 0 Å². The number of carbonyl (C=O) groups excluding carboxylic acids is 2. The molecule has 2 amide bonds. The number of hydrogen-bond donors (Lipinski definition) is 0. The Bertz CT molecular complexity index is 1100. The van der Waals surface area contributed by atoms with Gasteiger partial charge in [0.15, 0.2) is 5.65 Å². The van der Waals surface area contributed by atoms with Gasteiger partial charge in [0, 0.05) is 45.3 Å². The zero-order valence-corrected chi connectivity index (χ0v) is 18.5. The van der Waals surface area contributed by atoms with Crippen LogP contribution in [-0.2, 0) is 18.3 Å². The number of fused-ring (bicyclic) bond motifs is 1. The predicted octanol–water partition coefficient (Wildman–Crippen LogP) is 2.89. The first kappa shape index (κ1) is 21.0. The van der Waals surface area contributed by atoms with Crippen molar-refractivity contribution in [1.29, 1.82) is 0 Å². The number of pyridine rings is 1. The first-order chi connectivity index (χ1) is 14.9. The van der Waals surface area contributed by atoms with Gasteiger partial charge in [0.25, 0.3) is 5.91 Å². The molecule has 0 atom stereocenters. The number of carbonyl (C=O) groups is 2. The topological polar surface area (TPSA) is 71.3 Å². The van der Waals surface area contributed by atoms with E-state index in [1.807, 2.05) is 55.0 Å². The van der Waals surface area contributed by atoms with Crippen LogP contribution < -0.4 is 0 Å². The molecule has 2 aromatic heterocycles. The molecule has 0 unspecified atom stereocenters. The number of benzene rings is 1. The Morgan fingerprint density at radius 3 is 2.39 bits per heavy atom. The van der Waals surface area contributed by atoms with Crippen molar-refractivity contribution in [3.05, 3.63) is 58.9 Å². The van der Waals surface area contributed by atoms with Gasteiger partial charge in [0.05, 0.1) is 16.6 Å². The first-order valence-electron chi connectivity index (χ1n) is 10.9. The fourth-order valence-corrected chi connectivity index (χ4v) is 4.31. The SMILES string of the molecule is Cc1cc(C(=O)N2CCN(C(=O)CCCc3ccccc3)CC2)c2c(C)nn(C)c2n1. The van der Waals surface area contributed by atoms with E-state index in [-0.39, 0.29) is 11.8 Å². The third kappa shape index (κ3) is 4.45. The van der Waals surface area contributed by atoms with Crippen LogP contribution in [0.4, 0.5) is 0 Å². The van der Waals surface area contributed by atoms with Crippen molar-refractivity contribution < 1.29 is 9.59 Å². The fourth-order valence-electron chi connectivity index (χ4n) is 4.31. The van der Waals surface area contributed by atoms with Gasteiger partial charge in [0.1, 0.15) is 0 Å². The molecule has 1 aromatic carbocycles. The normalized spacial score (nSPS) is 14.3. The molecule has 0 spiro atoms. The van der Waals surface area contributed by atoms with Crippen molar-refractivity contribution in [2.75, 3.05) is 26.2 Å². The fraction of sp³-hybridized carbons (Fsp3) is 0.417. The molecule has 3 aromatic rings. The highest BCUT2D eigenvalue weighted by atomic mass is 16.2. The van der Waals surface area contributed by atoms with Crippen molar-refractivity contribution >= 4 is 22.8 Å². The lowest BCUT2D eigenvalue weighted by Crippen LogP contribution is -2.50. The molecule has 3 heterocycles. The van der Waals surface area contributed by atoms with Crippen molar-refractivity contribution in [2.24, 2.45) is 7.05 Å². The summed E-state index contributed by atoms with van der Waals surface area (Å²) in [5, 5.41) is 5.25. The van der Waals surface area contributed by atoms with E-state index in [2.05, 4.69) is 22.2 Å². The van der Waals surface area contributed by atoms with Gasteiger partial charge in [-0.25, -0.2) is 4.98 Å². The number of aromatic nitrogens is 3. The lowest BCUT2D eigenvalue weighted by atomic mass is 10.1. The van der Waals surface area contributed by atoms with E-state index in [1.54, 1.807) is 4.68 Å². The highest BCUT2D eigenvalue weighted by Gasteiger charge is 2.27. The minimum atomic E-state index is -0.0113. The quantitative estimate of drug-likeness (QED) is 0.638. The lowest BCUT2D eigenvalue weighted by molar-refractivity contribution is -0.132. The molecule has 0 aliphatic carbocycles. The summed E-state index contributed by atoms with van der Waals surface area (Å²) < 4.78 is 1.72. The molecule has 0 saturated carbocycles.